The summed E-state index contributed by atoms with van der Waals surface area (Å²) in [7, 11) is 0. The zero-order valence-corrected chi connectivity index (χ0v) is 8.70. The van der Waals surface area contributed by atoms with Gasteiger partial charge in [-0.1, -0.05) is 17.3 Å². The van der Waals surface area contributed by atoms with Crippen molar-refractivity contribution in [3.63, 3.8) is 0 Å². The van der Waals surface area contributed by atoms with Gasteiger partial charge in [-0.3, -0.25) is 0 Å². The summed E-state index contributed by atoms with van der Waals surface area (Å²) in [6.45, 7) is 0. The summed E-state index contributed by atoms with van der Waals surface area (Å²) >= 11 is 0. The van der Waals surface area contributed by atoms with E-state index in [1.165, 1.54) is 12.5 Å². The zero-order valence-electron chi connectivity index (χ0n) is 8.70. The van der Waals surface area contributed by atoms with Crippen molar-refractivity contribution in [1.29, 1.82) is 0 Å². The van der Waals surface area contributed by atoms with Crippen molar-refractivity contribution in [2.24, 2.45) is 0 Å². The third kappa shape index (κ3) is 1.67. The average molecular weight is 228 g/mol. The Kier molecular flexibility index (Phi) is 2.15. The van der Waals surface area contributed by atoms with Crippen LogP contribution >= 0.6 is 0 Å². The minimum absolute atomic E-state index is 0.106. The van der Waals surface area contributed by atoms with Crippen LogP contribution < -0.4 is 0 Å². The Hall–Kier alpha value is -2.56. The lowest BCUT2D eigenvalue weighted by atomic mass is 10.2. The molecule has 0 saturated carbocycles. The molecule has 3 rings (SSSR count). The molecule has 0 aliphatic rings. The van der Waals surface area contributed by atoms with Crippen LogP contribution in [-0.4, -0.2) is 15.2 Å². The molecular weight excluding hydrogens is 220 g/mol. The molecule has 2 heterocycles. The number of para-hydroxylation sites is 1. The molecule has 84 valence electrons. The summed E-state index contributed by atoms with van der Waals surface area (Å²) in [4.78, 5) is 4.19. The van der Waals surface area contributed by atoms with Crippen LogP contribution in [0.15, 0.2) is 51.8 Å². The Bertz CT molecular complexity index is 629. The van der Waals surface area contributed by atoms with Crippen LogP contribution in [-0.2, 0) is 0 Å². The van der Waals surface area contributed by atoms with Gasteiger partial charge < -0.3 is 14.0 Å². The van der Waals surface area contributed by atoms with Crippen LogP contribution in [0.3, 0.4) is 0 Å². The van der Waals surface area contributed by atoms with Gasteiger partial charge in [0, 0.05) is 0 Å². The van der Waals surface area contributed by atoms with E-state index in [1.54, 1.807) is 30.3 Å². The van der Waals surface area contributed by atoms with Crippen molar-refractivity contribution in [3.05, 3.63) is 42.9 Å². The van der Waals surface area contributed by atoms with E-state index in [1.807, 2.05) is 0 Å². The van der Waals surface area contributed by atoms with E-state index in [9.17, 15) is 5.11 Å². The van der Waals surface area contributed by atoms with Crippen LogP contribution in [0.1, 0.15) is 0 Å². The van der Waals surface area contributed by atoms with E-state index in [0.717, 1.165) is 5.56 Å². The first kappa shape index (κ1) is 9.65. The van der Waals surface area contributed by atoms with Gasteiger partial charge >= 0.3 is 0 Å². The van der Waals surface area contributed by atoms with Gasteiger partial charge in [0.25, 0.3) is 5.89 Å². The molecule has 3 aromatic rings. The number of rotatable bonds is 2. The molecule has 0 spiro atoms. The molecule has 5 nitrogen and oxygen atoms in total. The van der Waals surface area contributed by atoms with E-state index in [0.29, 0.717) is 11.4 Å². The summed E-state index contributed by atoms with van der Waals surface area (Å²) in [6.07, 6.45) is 3.06. The first-order chi connectivity index (χ1) is 8.34. The molecule has 1 aromatic carbocycles. The maximum Gasteiger partial charge on any atom is 0.261 e. The second-order valence-electron chi connectivity index (χ2n) is 3.45. The molecule has 0 unspecified atom stereocenters. The zero-order chi connectivity index (χ0) is 11.7. The van der Waals surface area contributed by atoms with Crippen molar-refractivity contribution < 1.29 is 14.0 Å². The van der Waals surface area contributed by atoms with Crippen molar-refractivity contribution in [1.82, 2.24) is 10.1 Å². The van der Waals surface area contributed by atoms with Gasteiger partial charge in [-0.15, -0.1) is 0 Å². The minimum Gasteiger partial charge on any atom is -0.507 e. The molecule has 0 amide bonds. The topological polar surface area (TPSA) is 72.3 Å². The SMILES string of the molecule is Oc1ccccc1-c1nc(-c2ccoc2)no1. The lowest BCUT2D eigenvalue weighted by molar-refractivity contribution is 0.425. The smallest absolute Gasteiger partial charge is 0.261 e. The number of aromatic hydroxyl groups is 1. The van der Waals surface area contributed by atoms with Crippen LogP contribution in [0, 0.1) is 0 Å². The van der Waals surface area contributed by atoms with E-state index < -0.39 is 0 Å². The second-order valence-corrected chi connectivity index (χ2v) is 3.45. The number of hydrogen-bond donors (Lipinski definition) is 1. The molecular formula is C12H8N2O3. The maximum absolute atomic E-state index is 9.66. The van der Waals surface area contributed by atoms with E-state index in [2.05, 4.69) is 10.1 Å². The Morgan fingerprint density at radius 3 is 2.76 bits per heavy atom. The molecule has 2 aromatic heterocycles. The Balaban J connectivity index is 2.04. The minimum atomic E-state index is 0.106. The normalized spacial score (nSPS) is 10.6. The Labute approximate surface area is 96.3 Å². The summed E-state index contributed by atoms with van der Waals surface area (Å²) in [5.41, 5.74) is 1.24. The molecule has 1 N–H and O–H groups in total. The summed E-state index contributed by atoms with van der Waals surface area (Å²) in [5, 5.41) is 13.5. The van der Waals surface area contributed by atoms with Crippen molar-refractivity contribution in [2.45, 2.75) is 0 Å². The molecule has 0 saturated heterocycles. The van der Waals surface area contributed by atoms with Gasteiger partial charge in [0.1, 0.15) is 12.0 Å². The highest BCUT2D eigenvalue weighted by Crippen LogP contribution is 2.28. The first-order valence-electron chi connectivity index (χ1n) is 4.99. The summed E-state index contributed by atoms with van der Waals surface area (Å²) in [5.74, 6) is 0.811. The molecule has 0 radical (unpaired) electrons. The number of furan rings is 1. The molecule has 0 aliphatic carbocycles. The lowest BCUT2D eigenvalue weighted by Crippen LogP contribution is -1.79. The fourth-order valence-electron chi connectivity index (χ4n) is 1.50. The van der Waals surface area contributed by atoms with Gasteiger partial charge in [0.15, 0.2) is 0 Å². The predicted octanol–water partition coefficient (Wildman–Crippen LogP) is 2.70. The molecule has 0 bridgehead atoms. The molecule has 17 heavy (non-hydrogen) atoms. The number of benzene rings is 1. The van der Waals surface area contributed by atoms with Crippen LogP contribution in [0.25, 0.3) is 22.8 Å². The fraction of sp³-hybridized carbons (Fsp3) is 0. The number of nitrogens with zero attached hydrogens (tertiary/aromatic N) is 2. The highest BCUT2D eigenvalue weighted by molar-refractivity contribution is 5.64. The largest absolute Gasteiger partial charge is 0.507 e. The van der Waals surface area contributed by atoms with Gasteiger partial charge in [0.05, 0.1) is 17.4 Å². The molecule has 0 atom stereocenters. The number of hydrogen-bond acceptors (Lipinski definition) is 5. The quantitative estimate of drug-likeness (QED) is 0.730. The van der Waals surface area contributed by atoms with E-state index in [4.69, 9.17) is 8.94 Å². The first-order valence-corrected chi connectivity index (χ1v) is 4.99. The predicted molar refractivity (Wildman–Crippen MR) is 59.1 cm³/mol. The van der Waals surface area contributed by atoms with E-state index in [-0.39, 0.29) is 11.6 Å². The highest BCUT2D eigenvalue weighted by Gasteiger charge is 2.13. The standard InChI is InChI=1S/C12H8N2O3/c15-10-4-2-1-3-9(10)12-13-11(14-17-12)8-5-6-16-7-8/h1-7,15H. The third-order valence-electron chi connectivity index (χ3n) is 2.34. The van der Waals surface area contributed by atoms with E-state index >= 15 is 0 Å². The number of phenols is 1. The van der Waals surface area contributed by atoms with Crippen LogP contribution in [0.2, 0.25) is 0 Å². The lowest BCUT2D eigenvalue weighted by Gasteiger charge is -1.96. The van der Waals surface area contributed by atoms with Gasteiger partial charge in [-0.05, 0) is 18.2 Å². The third-order valence-corrected chi connectivity index (χ3v) is 2.34. The van der Waals surface area contributed by atoms with Crippen molar-refractivity contribution in [2.75, 3.05) is 0 Å². The van der Waals surface area contributed by atoms with Crippen molar-refractivity contribution >= 4 is 0 Å². The highest BCUT2D eigenvalue weighted by atomic mass is 16.5. The van der Waals surface area contributed by atoms with Crippen LogP contribution in [0.4, 0.5) is 0 Å². The summed E-state index contributed by atoms with van der Waals surface area (Å²) in [6, 6.07) is 8.53. The Morgan fingerprint density at radius 2 is 2.00 bits per heavy atom. The molecule has 0 aliphatic heterocycles. The Morgan fingerprint density at radius 1 is 1.12 bits per heavy atom. The average Bonchev–Trinajstić information content (AvgIpc) is 3.00. The van der Waals surface area contributed by atoms with Gasteiger partial charge in [-0.2, -0.15) is 4.98 Å². The monoisotopic (exact) mass is 228 g/mol. The number of phenolic OH excluding ortho intramolecular Hbond substituents is 1. The van der Waals surface area contributed by atoms with Gasteiger partial charge in [0.2, 0.25) is 5.82 Å². The summed E-state index contributed by atoms with van der Waals surface area (Å²) < 4.78 is 10.0. The molecule has 0 fully saturated rings. The molecule has 5 heteroatoms. The number of aromatic nitrogens is 2. The maximum atomic E-state index is 9.66. The second kappa shape index (κ2) is 3.79. The van der Waals surface area contributed by atoms with Crippen LogP contribution in [0.5, 0.6) is 5.75 Å². The van der Waals surface area contributed by atoms with Gasteiger partial charge in [-0.25, -0.2) is 0 Å². The van der Waals surface area contributed by atoms with Crippen molar-refractivity contribution in [3.8, 4) is 28.6 Å². The fourth-order valence-corrected chi connectivity index (χ4v) is 1.50.